The van der Waals surface area contributed by atoms with E-state index in [0.29, 0.717) is 30.6 Å². The minimum Gasteiger partial charge on any atom is -0.299 e. The molecule has 1 aliphatic heterocycles. The van der Waals surface area contributed by atoms with E-state index in [-0.39, 0.29) is 0 Å². The summed E-state index contributed by atoms with van der Waals surface area (Å²) in [6, 6.07) is 13.3. The fourth-order valence-electron chi connectivity index (χ4n) is 3.52. The molecule has 0 atom stereocenters. The third-order valence-corrected chi connectivity index (χ3v) is 7.48. The smallest absolute Gasteiger partial charge is 0.138 e. The summed E-state index contributed by atoms with van der Waals surface area (Å²) in [5, 5.41) is 3.28. The summed E-state index contributed by atoms with van der Waals surface area (Å²) in [5.41, 5.74) is 2.44. The van der Waals surface area contributed by atoms with E-state index in [9.17, 15) is 4.79 Å². The van der Waals surface area contributed by atoms with Gasteiger partial charge in [0.25, 0.3) is 0 Å². The van der Waals surface area contributed by atoms with Crippen molar-refractivity contribution in [2.45, 2.75) is 45.1 Å². The largest absolute Gasteiger partial charge is 0.299 e. The van der Waals surface area contributed by atoms with Crippen LogP contribution in [0.25, 0.3) is 10.4 Å². The first-order chi connectivity index (χ1) is 13.6. The second-order valence-corrected chi connectivity index (χ2v) is 9.89. The van der Waals surface area contributed by atoms with Crippen LogP contribution in [0.2, 0.25) is 0 Å². The van der Waals surface area contributed by atoms with Crippen LogP contribution >= 0.6 is 22.7 Å². The predicted molar refractivity (Wildman–Crippen MR) is 118 cm³/mol. The van der Waals surface area contributed by atoms with E-state index in [1.807, 2.05) is 35.0 Å². The predicted octanol–water partition coefficient (Wildman–Crippen LogP) is 5.42. The van der Waals surface area contributed by atoms with Gasteiger partial charge in [0.05, 0.1) is 9.88 Å². The molecule has 2 aromatic heterocycles. The number of rotatable bonds is 8. The summed E-state index contributed by atoms with van der Waals surface area (Å²) < 4.78 is 0. The van der Waals surface area contributed by atoms with Crippen molar-refractivity contribution in [3.05, 3.63) is 63.4 Å². The Balaban J connectivity index is 1.30. The fourth-order valence-corrected chi connectivity index (χ4v) is 5.25. The normalized spacial score (nSPS) is 15.1. The van der Waals surface area contributed by atoms with E-state index in [4.69, 9.17) is 0 Å². The molecule has 0 aliphatic carbocycles. The second kappa shape index (κ2) is 8.68. The maximum Gasteiger partial charge on any atom is 0.138 e. The number of aryl methyl sites for hydroxylation is 1. The van der Waals surface area contributed by atoms with Gasteiger partial charge in [0.15, 0.2) is 0 Å². The van der Waals surface area contributed by atoms with Crippen molar-refractivity contribution in [3.63, 3.8) is 0 Å². The highest BCUT2D eigenvalue weighted by atomic mass is 32.1. The SMILES string of the molecule is CC(C)N1CC(c2ncc(-c3ccc(CCC(=O)Cc4cccs4)cc3)s2)C1. The number of nitrogens with zero attached hydrogens (tertiary/aromatic N) is 2. The molecule has 0 radical (unpaired) electrons. The average molecular weight is 411 g/mol. The van der Waals surface area contributed by atoms with Crippen LogP contribution < -0.4 is 0 Å². The first-order valence-corrected chi connectivity index (χ1v) is 11.6. The van der Waals surface area contributed by atoms with Gasteiger partial charge in [-0.15, -0.1) is 22.7 Å². The monoisotopic (exact) mass is 410 g/mol. The summed E-state index contributed by atoms with van der Waals surface area (Å²) in [5.74, 6) is 0.907. The lowest BCUT2D eigenvalue weighted by Crippen LogP contribution is -2.48. The summed E-state index contributed by atoms with van der Waals surface area (Å²) in [7, 11) is 0. The number of thiazole rings is 1. The Bertz CT molecular complexity index is 906. The lowest BCUT2D eigenvalue weighted by molar-refractivity contribution is -0.118. The van der Waals surface area contributed by atoms with E-state index in [0.717, 1.165) is 24.4 Å². The maximum absolute atomic E-state index is 12.1. The maximum atomic E-state index is 12.1. The zero-order chi connectivity index (χ0) is 19.5. The van der Waals surface area contributed by atoms with Crippen LogP contribution in [0.5, 0.6) is 0 Å². The number of aromatic nitrogens is 1. The van der Waals surface area contributed by atoms with Gasteiger partial charge in [0.2, 0.25) is 0 Å². The van der Waals surface area contributed by atoms with Crippen LogP contribution in [-0.4, -0.2) is 34.8 Å². The number of carbonyl (C=O) groups is 1. The van der Waals surface area contributed by atoms with Gasteiger partial charge in [-0.05, 0) is 42.8 Å². The van der Waals surface area contributed by atoms with Gasteiger partial charge in [0, 0.05) is 49.0 Å². The molecular formula is C23H26N2OS2. The molecule has 0 saturated carbocycles. The minimum atomic E-state index is 0.314. The molecule has 1 aromatic carbocycles. The van der Waals surface area contributed by atoms with Gasteiger partial charge in [-0.25, -0.2) is 4.98 Å². The van der Waals surface area contributed by atoms with Crippen LogP contribution in [0.3, 0.4) is 0 Å². The van der Waals surface area contributed by atoms with Gasteiger partial charge in [-0.3, -0.25) is 9.69 Å². The van der Waals surface area contributed by atoms with Crippen LogP contribution in [0.4, 0.5) is 0 Å². The molecule has 1 aliphatic rings. The fraction of sp³-hybridized carbons (Fsp3) is 0.391. The molecule has 3 heterocycles. The van der Waals surface area contributed by atoms with Gasteiger partial charge >= 0.3 is 0 Å². The molecule has 0 N–H and O–H groups in total. The number of Topliss-reactive ketones (excluding diaryl/α,β-unsaturated/α-hetero) is 1. The van der Waals surface area contributed by atoms with E-state index in [1.54, 1.807) is 11.3 Å². The Morgan fingerprint density at radius 3 is 2.68 bits per heavy atom. The molecule has 0 amide bonds. The molecule has 5 heteroatoms. The number of likely N-dealkylation sites (tertiary alicyclic amines) is 1. The minimum absolute atomic E-state index is 0.314. The molecule has 0 spiro atoms. The molecule has 1 saturated heterocycles. The summed E-state index contributed by atoms with van der Waals surface area (Å²) in [6.45, 7) is 6.76. The van der Waals surface area contributed by atoms with Crippen molar-refractivity contribution in [3.8, 4) is 10.4 Å². The van der Waals surface area contributed by atoms with Crippen molar-refractivity contribution in [2.24, 2.45) is 0 Å². The number of benzene rings is 1. The van der Waals surface area contributed by atoms with Crippen molar-refractivity contribution in [1.82, 2.24) is 9.88 Å². The van der Waals surface area contributed by atoms with Crippen LogP contribution in [0.15, 0.2) is 48.0 Å². The average Bonchev–Trinajstić information content (AvgIpc) is 3.31. The Morgan fingerprint density at radius 2 is 2.00 bits per heavy atom. The van der Waals surface area contributed by atoms with Crippen molar-refractivity contribution in [2.75, 3.05) is 13.1 Å². The molecular weight excluding hydrogens is 384 g/mol. The van der Waals surface area contributed by atoms with Crippen LogP contribution in [0, 0.1) is 0 Å². The molecule has 4 rings (SSSR count). The van der Waals surface area contributed by atoms with E-state index >= 15 is 0 Å². The second-order valence-electron chi connectivity index (χ2n) is 7.80. The van der Waals surface area contributed by atoms with Gasteiger partial charge in [-0.1, -0.05) is 30.3 Å². The molecule has 3 aromatic rings. The Kier molecular flexibility index (Phi) is 6.04. The number of hydrogen-bond donors (Lipinski definition) is 0. The highest BCUT2D eigenvalue weighted by molar-refractivity contribution is 7.15. The molecule has 28 heavy (non-hydrogen) atoms. The first kappa shape index (κ1) is 19.5. The summed E-state index contributed by atoms with van der Waals surface area (Å²) >= 11 is 3.47. The zero-order valence-electron chi connectivity index (χ0n) is 16.4. The number of hydrogen-bond acceptors (Lipinski definition) is 5. The van der Waals surface area contributed by atoms with Crippen molar-refractivity contribution >= 4 is 28.5 Å². The quantitative estimate of drug-likeness (QED) is 0.497. The Hall–Kier alpha value is -1.82. The molecule has 0 unspecified atom stereocenters. The highest BCUT2D eigenvalue weighted by Crippen LogP contribution is 2.35. The summed E-state index contributed by atoms with van der Waals surface area (Å²) in [4.78, 5) is 21.7. The molecule has 1 fully saturated rings. The third-order valence-electron chi connectivity index (χ3n) is 5.40. The zero-order valence-corrected chi connectivity index (χ0v) is 18.1. The molecule has 0 bridgehead atoms. The van der Waals surface area contributed by atoms with Gasteiger partial charge in [0.1, 0.15) is 5.78 Å². The summed E-state index contributed by atoms with van der Waals surface area (Å²) in [6.07, 6.45) is 3.99. The first-order valence-electron chi connectivity index (χ1n) is 9.91. The molecule has 3 nitrogen and oxygen atoms in total. The van der Waals surface area contributed by atoms with Crippen molar-refractivity contribution in [1.29, 1.82) is 0 Å². The lowest BCUT2D eigenvalue weighted by Gasteiger charge is -2.41. The van der Waals surface area contributed by atoms with Crippen molar-refractivity contribution < 1.29 is 4.79 Å². The van der Waals surface area contributed by atoms with Gasteiger partial charge in [-0.2, -0.15) is 0 Å². The highest BCUT2D eigenvalue weighted by Gasteiger charge is 2.31. The molecule has 146 valence electrons. The standard InChI is InChI=1S/C23H26N2OS2/c1-16(2)25-14-19(15-25)23-24-13-22(28-23)18-8-5-17(6-9-18)7-10-20(26)12-21-4-3-11-27-21/h3-6,8-9,11,13,16,19H,7,10,12,14-15H2,1-2H3. The lowest BCUT2D eigenvalue weighted by atomic mass is 9.99. The number of ketones is 1. The van der Waals surface area contributed by atoms with E-state index in [2.05, 4.69) is 48.0 Å². The Morgan fingerprint density at radius 1 is 1.21 bits per heavy atom. The van der Waals surface area contributed by atoms with E-state index in [1.165, 1.54) is 21.0 Å². The van der Waals surface area contributed by atoms with Gasteiger partial charge < -0.3 is 0 Å². The topological polar surface area (TPSA) is 33.2 Å². The van der Waals surface area contributed by atoms with Crippen LogP contribution in [-0.2, 0) is 17.6 Å². The third kappa shape index (κ3) is 4.59. The van der Waals surface area contributed by atoms with E-state index < -0.39 is 0 Å². The Labute approximate surface area is 175 Å². The number of thiophene rings is 1. The number of carbonyl (C=O) groups excluding carboxylic acids is 1. The van der Waals surface area contributed by atoms with Crippen LogP contribution in [0.1, 0.15) is 41.6 Å².